The Balaban J connectivity index is 0.00000169. The monoisotopic (exact) mass is 257 g/mol. The van der Waals surface area contributed by atoms with Crippen LogP contribution in [0.4, 0.5) is 0 Å². The largest absolute Gasteiger partial charge is 0.506 e. The molecule has 0 aliphatic rings. The molecule has 80 valence electrons. The topological polar surface area (TPSA) is 66.5 Å². The van der Waals surface area contributed by atoms with Crippen molar-refractivity contribution in [2.45, 2.75) is 6.04 Å². The first-order chi connectivity index (χ1) is 6.06. The first-order valence-corrected chi connectivity index (χ1v) is 4.36. The van der Waals surface area contributed by atoms with Crippen LogP contribution in [0.1, 0.15) is 11.6 Å². The zero-order chi connectivity index (χ0) is 10.0. The standard InChI is InChI=1S/C8H9Cl2NO2.ClH/c9-4-1-5(7(11)3-12)8(13)6(10)2-4;/h1-2,7,12-13H,3,11H2;1H/t7-;/m0./s1. The second-order valence-corrected chi connectivity index (χ2v) is 3.46. The Labute approximate surface area is 97.8 Å². The molecule has 6 heteroatoms. The summed E-state index contributed by atoms with van der Waals surface area (Å²) in [6, 6.07) is 2.21. The van der Waals surface area contributed by atoms with Crippen LogP contribution in [0.3, 0.4) is 0 Å². The molecule has 0 aliphatic carbocycles. The van der Waals surface area contributed by atoms with E-state index >= 15 is 0 Å². The van der Waals surface area contributed by atoms with Gasteiger partial charge in [0.15, 0.2) is 0 Å². The number of aliphatic hydroxyl groups excluding tert-OH is 1. The highest BCUT2D eigenvalue weighted by Crippen LogP contribution is 2.33. The van der Waals surface area contributed by atoms with E-state index < -0.39 is 6.04 Å². The summed E-state index contributed by atoms with van der Waals surface area (Å²) in [5.41, 5.74) is 5.85. The first kappa shape index (κ1) is 13.8. The maximum Gasteiger partial charge on any atom is 0.139 e. The third-order valence-electron chi connectivity index (χ3n) is 1.65. The van der Waals surface area contributed by atoms with Gasteiger partial charge in [0.2, 0.25) is 0 Å². The third-order valence-corrected chi connectivity index (χ3v) is 2.16. The molecule has 0 unspecified atom stereocenters. The molecular weight excluding hydrogens is 248 g/mol. The van der Waals surface area contributed by atoms with E-state index in [1.165, 1.54) is 12.1 Å². The van der Waals surface area contributed by atoms with Gasteiger partial charge in [-0.25, -0.2) is 0 Å². The summed E-state index contributed by atoms with van der Waals surface area (Å²) in [4.78, 5) is 0. The van der Waals surface area contributed by atoms with Crippen LogP contribution in [0.2, 0.25) is 10.0 Å². The normalized spacial score (nSPS) is 12.0. The van der Waals surface area contributed by atoms with Gasteiger partial charge in [-0.3, -0.25) is 0 Å². The van der Waals surface area contributed by atoms with Crippen molar-refractivity contribution in [1.82, 2.24) is 0 Å². The minimum absolute atomic E-state index is 0. The van der Waals surface area contributed by atoms with Crippen LogP contribution in [-0.2, 0) is 0 Å². The van der Waals surface area contributed by atoms with Crippen LogP contribution >= 0.6 is 35.6 Å². The number of phenols is 1. The maximum atomic E-state index is 9.44. The zero-order valence-corrected chi connectivity index (χ0v) is 9.40. The van der Waals surface area contributed by atoms with Crippen molar-refractivity contribution in [2.24, 2.45) is 5.73 Å². The van der Waals surface area contributed by atoms with Crippen molar-refractivity contribution < 1.29 is 10.2 Å². The lowest BCUT2D eigenvalue weighted by molar-refractivity contribution is 0.265. The Morgan fingerprint density at radius 2 is 1.93 bits per heavy atom. The summed E-state index contributed by atoms with van der Waals surface area (Å²) >= 11 is 11.3. The van der Waals surface area contributed by atoms with Gasteiger partial charge in [-0.2, -0.15) is 0 Å². The Morgan fingerprint density at radius 1 is 1.36 bits per heavy atom. The van der Waals surface area contributed by atoms with Crippen molar-refractivity contribution in [1.29, 1.82) is 0 Å². The molecule has 14 heavy (non-hydrogen) atoms. The molecule has 0 spiro atoms. The summed E-state index contributed by atoms with van der Waals surface area (Å²) in [6.07, 6.45) is 0. The number of benzene rings is 1. The van der Waals surface area contributed by atoms with Crippen LogP contribution in [0.5, 0.6) is 5.75 Å². The van der Waals surface area contributed by atoms with Gasteiger partial charge < -0.3 is 15.9 Å². The average molecular weight is 259 g/mol. The highest BCUT2D eigenvalue weighted by molar-refractivity contribution is 6.35. The van der Waals surface area contributed by atoms with E-state index in [-0.39, 0.29) is 29.8 Å². The molecule has 0 heterocycles. The highest BCUT2D eigenvalue weighted by Gasteiger charge is 2.13. The Hall–Kier alpha value is -0.190. The summed E-state index contributed by atoms with van der Waals surface area (Å²) in [5.74, 6) is -0.132. The summed E-state index contributed by atoms with van der Waals surface area (Å²) in [7, 11) is 0. The molecule has 1 aromatic carbocycles. The molecule has 0 saturated heterocycles. The van der Waals surface area contributed by atoms with Gasteiger partial charge in [-0.05, 0) is 12.1 Å². The molecule has 0 radical (unpaired) electrons. The highest BCUT2D eigenvalue weighted by atomic mass is 35.5. The van der Waals surface area contributed by atoms with Crippen LogP contribution in [-0.4, -0.2) is 16.8 Å². The number of hydrogen-bond acceptors (Lipinski definition) is 3. The van der Waals surface area contributed by atoms with Gasteiger partial charge in [-0.15, -0.1) is 12.4 Å². The summed E-state index contributed by atoms with van der Waals surface area (Å²) in [6.45, 7) is -0.274. The minimum Gasteiger partial charge on any atom is -0.506 e. The minimum atomic E-state index is -0.670. The molecule has 4 N–H and O–H groups in total. The van der Waals surface area contributed by atoms with Gasteiger partial charge in [0, 0.05) is 10.6 Å². The van der Waals surface area contributed by atoms with Crippen LogP contribution < -0.4 is 5.73 Å². The van der Waals surface area contributed by atoms with Crippen molar-refractivity contribution >= 4 is 35.6 Å². The Bertz CT molecular complexity index is 320. The predicted octanol–water partition coefficient (Wildman–Crippen LogP) is 2.11. The van der Waals surface area contributed by atoms with Gasteiger partial charge in [0.25, 0.3) is 0 Å². The van der Waals surface area contributed by atoms with Crippen LogP contribution in [0.25, 0.3) is 0 Å². The van der Waals surface area contributed by atoms with Crippen LogP contribution in [0, 0.1) is 0 Å². The fourth-order valence-corrected chi connectivity index (χ4v) is 1.48. The maximum absolute atomic E-state index is 9.44. The molecule has 0 aliphatic heterocycles. The average Bonchev–Trinajstić information content (AvgIpc) is 2.10. The molecule has 0 fully saturated rings. The molecule has 0 amide bonds. The first-order valence-electron chi connectivity index (χ1n) is 3.60. The van der Waals surface area contributed by atoms with Gasteiger partial charge >= 0.3 is 0 Å². The molecular formula is C8H10Cl3NO2. The van der Waals surface area contributed by atoms with Crippen molar-refractivity contribution in [3.05, 3.63) is 27.7 Å². The van der Waals surface area contributed by atoms with Crippen LogP contribution in [0.15, 0.2) is 12.1 Å². The van der Waals surface area contributed by atoms with E-state index in [4.69, 9.17) is 34.0 Å². The number of hydrogen-bond donors (Lipinski definition) is 3. The smallest absolute Gasteiger partial charge is 0.139 e. The van der Waals surface area contributed by atoms with E-state index in [0.717, 1.165) is 0 Å². The van der Waals surface area contributed by atoms with Crippen molar-refractivity contribution in [3.63, 3.8) is 0 Å². The number of phenolic OH excluding ortho intramolecular Hbond substituents is 1. The Morgan fingerprint density at radius 3 is 2.43 bits per heavy atom. The Kier molecular flexibility index (Phi) is 5.56. The molecule has 1 rings (SSSR count). The van der Waals surface area contributed by atoms with Gasteiger partial charge in [0.05, 0.1) is 17.7 Å². The van der Waals surface area contributed by atoms with Crippen molar-refractivity contribution in [2.75, 3.05) is 6.61 Å². The molecule has 0 aromatic heterocycles. The second-order valence-electron chi connectivity index (χ2n) is 2.61. The van der Waals surface area contributed by atoms with Crippen molar-refractivity contribution in [3.8, 4) is 5.75 Å². The van der Waals surface area contributed by atoms with E-state index in [2.05, 4.69) is 0 Å². The molecule has 1 aromatic rings. The summed E-state index contributed by atoms with van der Waals surface area (Å²) < 4.78 is 0. The van der Waals surface area contributed by atoms with Gasteiger partial charge in [-0.1, -0.05) is 23.2 Å². The molecule has 1 atom stereocenters. The number of aliphatic hydroxyl groups is 1. The molecule has 0 saturated carbocycles. The van der Waals surface area contributed by atoms with E-state index in [1.807, 2.05) is 0 Å². The van der Waals surface area contributed by atoms with Gasteiger partial charge in [0.1, 0.15) is 5.75 Å². The quantitative estimate of drug-likeness (QED) is 0.761. The number of rotatable bonds is 2. The lowest BCUT2D eigenvalue weighted by atomic mass is 10.1. The molecule has 3 nitrogen and oxygen atoms in total. The molecule has 0 bridgehead atoms. The predicted molar refractivity (Wildman–Crippen MR) is 59.4 cm³/mol. The fraction of sp³-hybridized carbons (Fsp3) is 0.250. The lowest BCUT2D eigenvalue weighted by Crippen LogP contribution is -2.14. The van der Waals surface area contributed by atoms with E-state index in [1.54, 1.807) is 0 Å². The van der Waals surface area contributed by atoms with E-state index in [0.29, 0.717) is 10.6 Å². The number of nitrogens with two attached hydrogens (primary N) is 1. The number of halogens is 3. The lowest BCUT2D eigenvalue weighted by Gasteiger charge is -2.11. The fourth-order valence-electron chi connectivity index (χ4n) is 0.967. The number of aromatic hydroxyl groups is 1. The SMILES string of the molecule is Cl.N[C@@H](CO)c1cc(Cl)cc(Cl)c1O. The summed E-state index contributed by atoms with van der Waals surface area (Å²) in [5, 5.41) is 18.7. The third kappa shape index (κ3) is 2.90. The second kappa shape index (κ2) is 5.63. The van der Waals surface area contributed by atoms with E-state index in [9.17, 15) is 5.11 Å². The zero-order valence-electron chi connectivity index (χ0n) is 7.08.